The number of phenolic OH excluding ortho intramolecular Hbond substituents is 2. The van der Waals surface area contributed by atoms with E-state index in [9.17, 15) is 29.0 Å². The van der Waals surface area contributed by atoms with Gasteiger partial charge < -0.3 is 24.8 Å². The van der Waals surface area contributed by atoms with Gasteiger partial charge in [-0.2, -0.15) is 0 Å². The van der Waals surface area contributed by atoms with Crippen LogP contribution in [0.3, 0.4) is 0 Å². The minimum Gasteiger partial charge on any atom is -0.507 e. The van der Waals surface area contributed by atoms with Crippen molar-refractivity contribution in [3.05, 3.63) is 76.1 Å². The van der Waals surface area contributed by atoms with E-state index in [1.54, 1.807) is 13.0 Å². The van der Waals surface area contributed by atoms with Crippen molar-refractivity contribution in [3.63, 3.8) is 0 Å². The molecule has 190 valence electrons. The van der Waals surface area contributed by atoms with Crippen LogP contribution in [0.2, 0.25) is 0 Å². The minimum absolute atomic E-state index is 0.0160. The predicted molar refractivity (Wildman–Crippen MR) is 133 cm³/mol. The van der Waals surface area contributed by atoms with Gasteiger partial charge in [0.2, 0.25) is 0 Å². The number of benzene rings is 2. The van der Waals surface area contributed by atoms with E-state index in [-0.39, 0.29) is 45.3 Å². The molecule has 3 N–H and O–H groups in total. The highest BCUT2D eigenvalue weighted by molar-refractivity contribution is 6.31. The number of ketones is 3. The second-order valence-electron chi connectivity index (χ2n) is 9.53. The molecule has 0 saturated carbocycles. The molecule has 0 saturated heterocycles. The van der Waals surface area contributed by atoms with Crippen molar-refractivity contribution < 1.29 is 33.7 Å². The summed E-state index contributed by atoms with van der Waals surface area (Å²) in [5.41, 5.74) is -0.670. The van der Waals surface area contributed by atoms with Gasteiger partial charge in [-0.3, -0.25) is 14.4 Å². The molecule has 0 unspecified atom stereocenters. The highest BCUT2D eigenvalue weighted by Gasteiger charge is 2.56. The Hall–Kier alpha value is -4.40. The summed E-state index contributed by atoms with van der Waals surface area (Å²) in [6.45, 7) is 6.60. The predicted octanol–water partition coefficient (Wildman–Crippen LogP) is 3.95. The summed E-state index contributed by atoms with van der Waals surface area (Å²) in [4.78, 5) is 39.2. The third-order valence-electron chi connectivity index (χ3n) is 7.24. The van der Waals surface area contributed by atoms with Crippen LogP contribution < -0.4 is 10.1 Å². The van der Waals surface area contributed by atoms with Crippen LogP contribution in [0.5, 0.6) is 17.2 Å². The quantitative estimate of drug-likeness (QED) is 0.274. The number of ether oxygens (including phenoxy) is 1. The number of hydrogen-bond donors (Lipinski definition) is 3. The smallest absolute Gasteiger partial charge is 0.194 e. The standard InChI is InChI=1S/C28H25FN2O6/c1-13-24(34)22(15(3)32)26-23(25(13)35)28(4)20(37-26)12-19(33)21(27(28)36)14(2)30-8-10-31-9-7-16-5-6-17(29)11-18(16)31/h5-7,9,11-12,30,34-35H,8,10H2,1-4H3/b21-14+/t28-/m1/s1. The maximum Gasteiger partial charge on any atom is 0.194 e. The van der Waals surface area contributed by atoms with Crippen LogP contribution in [-0.4, -0.2) is 38.7 Å². The molecule has 0 spiro atoms. The molecule has 2 aromatic carbocycles. The molecule has 3 aromatic rings. The van der Waals surface area contributed by atoms with E-state index in [2.05, 4.69) is 5.32 Å². The van der Waals surface area contributed by atoms with E-state index >= 15 is 0 Å². The maximum absolute atomic E-state index is 13.8. The number of carbonyl (C=O) groups excluding carboxylic acids is 3. The van der Waals surface area contributed by atoms with Gasteiger partial charge in [-0.1, -0.05) is 0 Å². The number of rotatable bonds is 5. The zero-order chi connectivity index (χ0) is 26.8. The number of hydrogen-bond acceptors (Lipinski definition) is 7. The summed E-state index contributed by atoms with van der Waals surface area (Å²) in [5.74, 6) is -2.97. The van der Waals surface area contributed by atoms with Gasteiger partial charge in [-0.25, -0.2) is 4.39 Å². The van der Waals surface area contributed by atoms with Crippen LogP contribution in [0, 0.1) is 12.7 Å². The topological polar surface area (TPSA) is 118 Å². The molecule has 0 amide bonds. The van der Waals surface area contributed by atoms with E-state index in [1.807, 2.05) is 16.8 Å². The van der Waals surface area contributed by atoms with Crippen molar-refractivity contribution in [1.29, 1.82) is 0 Å². The molecular formula is C28H25FN2O6. The molecule has 8 nitrogen and oxygen atoms in total. The second-order valence-corrected chi connectivity index (χ2v) is 9.53. The Morgan fingerprint density at radius 3 is 2.59 bits per heavy atom. The maximum atomic E-state index is 13.8. The number of aromatic nitrogens is 1. The van der Waals surface area contributed by atoms with Gasteiger partial charge in [-0.15, -0.1) is 0 Å². The van der Waals surface area contributed by atoms with E-state index < -0.39 is 28.5 Å². The van der Waals surface area contributed by atoms with Gasteiger partial charge in [0.15, 0.2) is 17.3 Å². The molecule has 1 aromatic heterocycles. The molecular weight excluding hydrogens is 479 g/mol. The number of fused-ring (bicyclic) bond motifs is 4. The van der Waals surface area contributed by atoms with Crippen LogP contribution in [0.15, 0.2) is 53.6 Å². The average Bonchev–Trinajstić information content (AvgIpc) is 3.36. The summed E-state index contributed by atoms with van der Waals surface area (Å²) in [6, 6.07) is 6.41. The van der Waals surface area contributed by atoms with Gasteiger partial charge in [0, 0.05) is 36.6 Å². The van der Waals surface area contributed by atoms with Crippen molar-refractivity contribution in [1.82, 2.24) is 9.88 Å². The highest BCUT2D eigenvalue weighted by atomic mass is 19.1. The monoisotopic (exact) mass is 504 g/mol. The molecule has 2 aliphatic rings. The molecule has 0 radical (unpaired) electrons. The number of nitrogens with one attached hydrogen (secondary N) is 1. The first-order valence-electron chi connectivity index (χ1n) is 11.7. The van der Waals surface area contributed by atoms with Crippen molar-refractivity contribution in [2.24, 2.45) is 0 Å². The summed E-state index contributed by atoms with van der Waals surface area (Å²) in [7, 11) is 0. The summed E-state index contributed by atoms with van der Waals surface area (Å²) in [6.07, 6.45) is 3.01. The van der Waals surface area contributed by atoms with Gasteiger partial charge in [-0.05, 0) is 57.3 Å². The molecule has 0 fully saturated rings. The first-order chi connectivity index (χ1) is 17.5. The molecule has 1 atom stereocenters. The Kier molecular flexibility index (Phi) is 5.47. The number of nitrogens with zero attached hydrogens (tertiary/aromatic N) is 1. The van der Waals surface area contributed by atoms with Crippen molar-refractivity contribution in [2.75, 3.05) is 6.54 Å². The largest absolute Gasteiger partial charge is 0.507 e. The fourth-order valence-corrected chi connectivity index (χ4v) is 5.17. The van der Waals surface area contributed by atoms with Crippen LogP contribution in [0.1, 0.15) is 42.3 Å². The van der Waals surface area contributed by atoms with Crippen LogP contribution in [-0.2, 0) is 21.5 Å². The van der Waals surface area contributed by atoms with E-state index in [0.717, 1.165) is 10.9 Å². The lowest BCUT2D eigenvalue weighted by atomic mass is 9.70. The number of Topliss-reactive ketones (excluding diaryl/α,β-unsaturated/α-hetero) is 2. The molecule has 1 aliphatic heterocycles. The molecule has 1 aliphatic carbocycles. The number of carbonyl (C=O) groups is 3. The SMILES string of the molecule is CC(=O)c1c(O)c(C)c(O)c2c1OC1=CC(=O)/C(=C(/C)NCCn3ccc4ccc(F)cc43)C(=O)[C@]12C. The number of phenols is 2. The Bertz CT molecular complexity index is 1610. The first-order valence-corrected chi connectivity index (χ1v) is 11.7. The Labute approximate surface area is 211 Å². The van der Waals surface area contributed by atoms with E-state index in [1.165, 1.54) is 39.0 Å². The molecule has 2 heterocycles. The lowest BCUT2D eigenvalue weighted by Gasteiger charge is -2.29. The second kappa shape index (κ2) is 8.33. The molecule has 9 heteroatoms. The average molecular weight is 505 g/mol. The van der Waals surface area contributed by atoms with Crippen molar-refractivity contribution >= 4 is 28.3 Å². The Morgan fingerprint density at radius 1 is 1.16 bits per heavy atom. The van der Waals surface area contributed by atoms with Gasteiger partial charge in [0.1, 0.15) is 39.8 Å². The zero-order valence-corrected chi connectivity index (χ0v) is 20.7. The Balaban J connectivity index is 1.50. The lowest BCUT2D eigenvalue weighted by Crippen LogP contribution is -2.41. The lowest BCUT2D eigenvalue weighted by molar-refractivity contribution is -0.123. The molecule has 5 rings (SSSR count). The highest BCUT2D eigenvalue weighted by Crippen LogP contribution is 2.57. The third kappa shape index (κ3) is 3.45. The fourth-order valence-electron chi connectivity index (χ4n) is 5.17. The van der Waals surface area contributed by atoms with Gasteiger partial charge >= 0.3 is 0 Å². The normalized spacial score (nSPS) is 19.9. The zero-order valence-electron chi connectivity index (χ0n) is 20.7. The van der Waals surface area contributed by atoms with Crippen LogP contribution in [0.25, 0.3) is 10.9 Å². The van der Waals surface area contributed by atoms with Crippen molar-refractivity contribution in [3.8, 4) is 17.2 Å². The molecule has 37 heavy (non-hydrogen) atoms. The van der Waals surface area contributed by atoms with E-state index in [0.29, 0.717) is 18.8 Å². The number of halogens is 1. The van der Waals surface area contributed by atoms with Crippen LogP contribution in [0.4, 0.5) is 4.39 Å². The summed E-state index contributed by atoms with van der Waals surface area (Å²) in [5, 5.41) is 25.4. The third-order valence-corrected chi connectivity index (χ3v) is 7.24. The van der Waals surface area contributed by atoms with Gasteiger partial charge in [0.25, 0.3) is 0 Å². The molecule has 0 bridgehead atoms. The summed E-state index contributed by atoms with van der Waals surface area (Å²) >= 11 is 0. The fraction of sp³-hybridized carbons (Fsp3) is 0.250. The van der Waals surface area contributed by atoms with Gasteiger partial charge in [0.05, 0.1) is 16.7 Å². The number of allylic oxidation sites excluding steroid dienone is 4. The van der Waals surface area contributed by atoms with E-state index in [4.69, 9.17) is 4.74 Å². The minimum atomic E-state index is -1.57. The Morgan fingerprint density at radius 2 is 1.89 bits per heavy atom. The van der Waals surface area contributed by atoms with Crippen LogP contribution >= 0.6 is 0 Å². The summed E-state index contributed by atoms with van der Waals surface area (Å²) < 4.78 is 21.3. The first kappa shape index (κ1) is 24.3. The number of aromatic hydroxyl groups is 2. The van der Waals surface area contributed by atoms with Crippen molar-refractivity contribution in [2.45, 2.75) is 39.7 Å².